The van der Waals surface area contributed by atoms with Gasteiger partial charge in [-0.1, -0.05) is 44.2 Å². The zero-order valence-corrected chi connectivity index (χ0v) is 17.1. The van der Waals surface area contributed by atoms with Gasteiger partial charge in [0.1, 0.15) is 11.8 Å². The predicted molar refractivity (Wildman–Crippen MR) is 103 cm³/mol. The first kappa shape index (κ1) is 22.8. The average Bonchev–Trinajstić information content (AvgIpc) is 2.58. The molecule has 0 aliphatic rings. The Labute approximate surface area is 156 Å². The average molecular weight is 385 g/mol. The fraction of sp³-hybridized carbons (Fsp3) is 0.632. The molecule has 26 heavy (non-hydrogen) atoms. The van der Waals surface area contributed by atoms with Gasteiger partial charge >= 0.3 is 13.6 Å². The number of carboxylic acids is 1. The molecule has 2 unspecified atom stereocenters. The van der Waals surface area contributed by atoms with E-state index in [2.05, 4.69) is 5.32 Å². The Morgan fingerprint density at radius 3 is 2.19 bits per heavy atom. The van der Waals surface area contributed by atoms with E-state index in [1.807, 2.05) is 44.2 Å². The Balaban J connectivity index is 3.01. The number of aliphatic carboxylic acids is 1. The first-order valence-electron chi connectivity index (χ1n) is 9.23. The van der Waals surface area contributed by atoms with Crippen LogP contribution in [0.2, 0.25) is 0 Å². The molecule has 6 nitrogen and oxygen atoms in total. The molecule has 0 aliphatic heterocycles. The van der Waals surface area contributed by atoms with Crippen LogP contribution in [0.25, 0.3) is 0 Å². The minimum Gasteiger partial charge on any atom is -0.480 e. The van der Waals surface area contributed by atoms with Gasteiger partial charge in [-0.3, -0.25) is 14.7 Å². The molecule has 7 heteroatoms. The van der Waals surface area contributed by atoms with Crippen molar-refractivity contribution in [2.24, 2.45) is 5.92 Å². The van der Waals surface area contributed by atoms with Crippen molar-refractivity contribution in [3.63, 3.8) is 0 Å². The van der Waals surface area contributed by atoms with Gasteiger partial charge in [-0.05, 0) is 44.6 Å². The molecule has 1 aromatic rings. The van der Waals surface area contributed by atoms with Crippen molar-refractivity contribution in [1.29, 1.82) is 0 Å². The van der Waals surface area contributed by atoms with Crippen molar-refractivity contribution >= 4 is 13.6 Å². The summed E-state index contributed by atoms with van der Waals surface area (Å²) < 4.78 is 24.2. The smallest absolute Gasteiger partial charge is 0.347 e. The molecule has 1 aromatic carbocycles. The van der Waals surface area contributed by atoms with Crippen LogP contribution in [-0.4, -0.2) is 36.1 Å². The van der Waals surface area contributed by atoms with E-state index in [1.54, 1.807) is 13.8 Å². The molecule has 0 radical (unpaired) electrons. The lowest BCUT2D eigenvalue weighted by atomic mass is 10.0. The Kier molecular flexibility index (Phi) is 10.1. The molecule has 0 bridgehead atoms. The third-order valence-electron chi connectivity index (χ3n) is 3.95. The van der Waals surface area contributed by atoms with Gasteiger partial charge in [0, 0.05) is 0 Å². The molecule has 2 atom stereocenters. The lowest BCUT2D eigenvalue weighted by Crippen LogP contribution is -2.44. The van der Waals surface area contributed by atoms with Crippen molar-refractivity contribution in [2.45, 2.75) is 58.8 Å². The number of hydrogen-bond donors (Lipinski definition) is 2. The minimum atomic E-state index is -3.48. The summed E-state index contributed by atoms with van der Waals surface area (Å²) in [7, 11) is -3.48. The number of nitrogens with one attached hydrogen (secondary N) is 1. The highest BCUT2D eigenvalue weighted by atomic mass is 31.2. The molecule has 1 rings (SSSR count). The normalized spacial score (nSPS) is 14.3. The van der Waals surface area contributed by atoms with E-state index in [4.69, 9.17) is 9.05 Å². The quantitative estimate of drug-likeness (QED) is 0.493. The highest BCUT2D eigenvalue weighted by Gasteiger charge is 2.38. The first-order valence-corrected chi connectivity index (χ1v) is 10.8. The van der Waals surface area contributed by atoms with Gasteiger partial charge in [-0.2, -0.15) is 0 Å². The summed E-state index contributed by atoms with van der Waals surface area (Å²) in [6.45, 7) is 7.90. The summed E-state index contributed by atoms with van der Waals surface area (Å²) in [6, 6.07) is 9.01. The van der Waals surface area contributed by atoms with Gasteiger partial charge < -0.3 is 14.2 Å². The number of rotatable bonds is 13. The summed E-state index contributed by atoms with van der Waals surface area (Å²) >= 11 is 0. The summed E-state index contributed by atoms with van der Waals surface area (Å²) in [5, 5.41) is 12.6. The third-order valence-corrected chi connectivity index (χ3v) is 6.35. The van der Waals surface area contributed by atoms with E-state index in [1.165, 1.54) is 0 Å². The monoisotopic (exact) mass is 385 g/mol. The zero-order chi connectivity index (χ0) is 19.6. The van der Waals surface area contributed by atoms with Crippen molar-refractivity contribution in [2.75, 3.05) is 13.2 Å². The number of aryl methyl sites for hydroxylation is 1. The van der Waals surface area contributed by atoms with E-state index in [0.717, 1.165) is 5.56 Å². The fourth-order valence-electron chi connectivity index (χ4n) is 2.80. The van der Waals surface area contributed by atoms with Crippen LogP contribution in [0, 0.1) is 5.92 Å². The van der Waals surface area contributed by atoms with Crippen LogP contribution in [0.5, 0.6) is 0 Å². The number of carbonyl (C=O) groups is 1. The number of carboxylic acid groups (broad SMARTS) is 1. The third kappa shape index (κ3) is 7.58. The Morgan fingerprint density at radius 1 is 1.15 bits per heavy atom. The molecule has 0 aliphatic carbocycles. The summed E-state index contributed by atoms with van der Waals surface area (Å²) in [5.41, 5.74) is 1.09. The topological polar surface area (TPSA) is 84.9 Å². The van der Waals surface area contributed by atoms with Crippen LogP contribution in [0.4, 0.5) is 0 Å². The number of benzene rings is 1. The van der Waals surface area contributed by atoms with Gasteiger partial charge in [-0.25, -0.2) is 0 Å². The van der Waals surface area contributed by atoms with Gasteiger partial charge in [0.15, 0.2) is 0 Å². The summed E-state index contributed by atoms with van der Waals surface area (Å²) in [5.74, 6) is -1.44. The van der Waals surface area contributed by atoms with Crippen LogP contribution in [0.3, 0.4) is 0 Å². The van der Waals surface area contributed by atoms with Crippen LogP contribution < -0.4 is 5.32 Å². The van der Waals surface area contributed by atoms with Gasteiger partial charge in [-0.15, -0.1) is 0 Å². The van der Waals surface area contributed by atoms with E-state index in [9.17, 15) is 14.5 Å². The summed E-state index contributed by atoms with van der Waals surface area (Å²) in [4.78, 5) is 11.7. The van der Waals surface area contributed by atoms with E-state index in [0.29, 0.717) is 19.3 Å². The lowest BCUT2D eigenvalue weighted by molar-refractivity contribution is -0.140. The van der Waals surface area contributed by atoms with Crippen molar-refractivity contribution in [3.8, 4) is 0 Å². The van der Waals surface area contributed by atoms with Crippen molar-refractivity contribution in [1.82, 2.24) is 5.32 Å². The van der Waals surface area contributed by atoms with Crippen LogP contribution in [0.15, 0.2) is 30.3 Å². The maximum atomic E-state index is 13.3. The molecule has 0 aromatic heterocycles. The Hall–Kier alpha value is -1.20. The standard InChI is InChI=1S/C19H32NO5P/c1-5-24-26(23,25-6-2)18(13-12-16-10-8-7-9-11-16)20-17(19(21)22)14-15(3)4/h7-11,15,17-18,20H,5-6,12-14H2,1-4H3,(H,21,22). The number of hydrogen-bond acceptors (Lipinski definition) is 5. The molecule has 2 N–H and O–H groups in total. The second kappa shape index (κ2) is 11.5. The molecular weight excluding hydrogens is 353 g/mol. The van der Waals surface area contributed by atoms with Gasteiger partial charge in [0.25, 0.3) is 0 Å². The molecule has 0 amide bonds. The van der Waals surface area contributed by atoms with Crippen LogP contribution >= 0.6 is 7.60 Å². The SMILES string of the molecule is CCOP(=O)(OCC)C(CCc1ccccc1)NC(CC(C)C)C(=O)O. The second-order valence-electron chi connectivity index (χ2n) is 6.60. The minimum absolute atomic E-state index is 0.192. The fourth-order valence-corrected chi connectivity index (χ4v) is 4.76. The molecule has 0 saturated carbocycles. The molecule has 148 valence electrons. The van der Waals surface area contributed by atoms with E-state index in [-0.39, 0.29) is 19.1 Å². The first-order chi connectivity index (χ1) is 12.3. The Bertz CT molecular complexity index is 569. The van der Waals surface area contributed by atoms with E-state index >= 15 is 0 Å². The van der Waals surface area contributed by atoms with Crippen molar-refractivity contribution in [3.05, 3.63) is 35.9 Å². The highest BCUT2D eigenvalue weighted by Crippen LogP contribution is 2.53. The van der Waals surface area contributed by atoms with Crippen LogP contribution in [-0.2, 0) is 24.8 Å². The maximum Gasteiger partial charge on any atom is 0.347 e. The van der Waals surface area contributed by atoms with Crippen LogP contribution in [0.1, 0.15) is 46.1 Å². The predicted octanol–water partition coefficient (Wildman–Crippen LogP) is 4.30. The summed E-state index contributed by atoms with van der Waals surface area (Å²) in [6.07, 6.45) is 1.55. The second-order valence-corrected chi connectivity index (χ2v) is 8.82. The van der Waals surface area contributed by atoms with Crippen molar-refractivity contribution < 1.29 is 23.5 Å². The van der Waals surface area contributed by atoms with Gasteiger partial charge in [0.2, 0.25) is 0 Å². The maximum absolute atomic E-state index is 13.3. The molecule has 0 spiro atoms. The highest BCUT2D eigenvalue weighted by molar-refractivity contribution is 7.54. The molecule has 0 saturated heterocycles. The van der Waals surface area contributed by atoms with Gasteiger partial charge in [0.05, 0.1) is 13.2 Å². The largest absolute Gasteiger partial charge is 0.480 e. The molecular formula is C19H32NO5P. The van der Waals surface area contributed by atoms with E-state index < -0.39 is 25.4 Å². The molecule has 0 heterocycles. The molecule has 0 fully saturated rings. The Morgan fingerprint density at radius 2 is 1.73 bits per heavy atom. The zero-order valence-electron chi connectivity index (χ0n) is 16.2. The lowest BCUT2D eigenvalue weighted by Gasteiger charge is -2.30.